The largest absolute Gasteiger partial charge is 0.480 e. The maximum absolute atomic E-state index is 10.8. The van der Waals surface area contributed by atoms with E-state index in [4.69, 9.17) is 5.11 Å². The molecule has 0 spiro atoms. The fourth-order valence-corrected chi connectivity index (χ4v) is 1.77. The molecule has 4 heteroatoms. The zero-order valence-corrected chi connectivity index (χ0v) is 7.84. The van der Waals surface area contributed by atoms with Gasteiger partial charge in [-0.05, 0) is 36.5 Å². The third-order valence-electron chi connectivity index (χ3n) is 1.61. The Morgan fingerprint density at radius 2 is 2.33 bits per heavy atom. The van der Waals surface area contributed by atoms with Crippen LogP contribution in [-0.2, 0) is 4.79 Å². The Morgan fingerprint density at radius 1 is 1.67 bits per heavy atom. The molecule has 1 heterocycles. The van der Waals surface area contributed by atoms with Gasteiger partial charge in [-0.15, -0.1) is 0 Å². The van der Waals surface area contributed by atoms with Gasteiger partial charge in [-0.2, -0.15) is 11.3 Å². The lowest BCUT2D eigenvalue weighted by Gasteiger charge is -2.18. The molecule has 0 aromatic carbocycles. The minimum absolute atomic E-state index is 0.517. The summed E-state index contributed by atoms with van der Waals surface area (Å²) in [5, 5.41) is 12.6. The highest BCUT2D eigenvalue weighted by Crippen LogP contribution is 2.20. The van der Waals surface area contributed by atoms with Gasteiger partial charge in [0.1, 0.15) is 6.04 Å². The van der Waals surface area contributed by atoms with Crippen LogP contribution in [0.25, 0.3) is 0 Å². The molecule has 0 saturated heterocycles. The van der Waals surface area contributed by atoms with Crippen molar-refractivity contribution < 1.29 is 9.90 Å². The van der Waals surface area contributed by atoms with Crippen LogP contribution in [0.3, 0.4) is 0 Å². The van der Waals surface area contributed by atoms with Crippen LogP contribution in [0.15, 0.2) is 16.8 Å². The van der Waals surface area contributed by atoms with Crippen molar-refractivity contribution in [2.24, 2.45) is 0 Å². The summed E-state index contributed by atoms with van der Waals surface area (Å²) in [5.41, 5.74) is 0.845. The summed E-state index contributed by atoms with van der Waals surface area (Å²) in [7, 11) is 3.52. The standard InChI is InChI=1S/C8H11NO2S/c1-9(2)7(8(10)11)6-3-4-12-5-6/h3-5,7H,1-2H3,(H,10,11). The van der Waals surface area contributed by atoms with Gasteiger partial charge >= 0.3 is 5.97 Å². The number of carbonyl (C=O) groups is 1. The number of aliphatic carboxylic acids is 1. The molecule has 0 saturated carbocycles. The van der Waals surface area contributed by atoms with Crippen LogP contribution < -0.4 is 0 Å². The lowest BCUT2D eigenvalue weighted by atomic mass is 10.1. The van der Waals surface area contributed by atoms with Crippen LogP contribution in [0.2, 0.25) is 0 Å². The normalized spacial score (nSPS) is 13.2. The molecule has 12 heavy (non-hydrogen) atoms. The number of nitrogens with zero attached hydrogens (tertiary/aromatic N) is 1. The van der Waals surface area contributed by atoms with Crippen LogP contribution in [0.1, 0.15) is 11.6 Å². The van der Waals surface area contributed by atoms with Crippen molar-refractivity contribution in [2.75, 3.05) is 14.1 Å². The molecule has 0 fully saturated rings. The van der Waals surface area contributed by atoms with E-state index in [1.807, 2.05) is 16.8 Å². The molecular formula is C8H11NO2S. The second-order valence-electron chi connectivity index (χ2n) is 2.76. The Hall–Kier alpha value is -0.870. The Kier molecular flexibility index (Phi) is 2.83. The maximum Gasteiger partial charge on any atom is 0.325 e. The molecule has 0 amide bonds. The third kappa shape index (κ3) is 1.84. The molecule has 3 nitrogen and oxygen atoms in total. The zero-order chi connectivity index (χ0) is 9.14. The number of likely N-dealkylation sites (N-methyl/N-ethyl adjacent to an activating group) is 1. The minimum Gasteiger partial charge on any atom is -0.480 e. The van der Waals surface area contributed by atoms with E-state index in [2.05, 4.69) is 0 Å². The third-order valence-corrected chi connectivity index (χ3v) is 2.31. The van der Waals surface area contributed by atoms with Gasteiger partial charge in [0.2, 0.25) is 0 Å². The lowest BCUT2D eigenvalue weighted by molar-refractivity contribution is -0.142. The summed E-state index contributed by atoms with van der Waals surface area (Å²) < 4.78 is 0. The number of carboxylic acids is 1. The van der Waals surface area contributed by atoms with Crippen molar-refractivity contribution in [1.82, 2.24) is 4.90 Å². The highest BCUT2D eigenvalue weighted by atomic mass is 32.1. The van der Waals surface area contributed by atoms with Gasteiger partial charge in [0.05, 0.1) is 0 Å². The number of carboxylic acid groups (broad SMARTS) is 1. The molecule has 0 aliphatic rings. The molecular weight excluding hydrogens is 174 g/mol. The second-order valence-corrected chi connectivity index (χ2v) is 3.54. The first-order chi connectivity index (χ1) is 5.63. The van der Waals surface area contributed by atoms with Crippen LogP contribution in [0, 0.1) is 0 Å². The van der Waals surface area contributed by atoms with Gasteiger partial charge in [-0.1, -0.05) is 0 Å². The SMILES string of the molecule is CN(C)C(C(=O)O)c1ccsc1. The number of thiophene rings is 1. The van der Waals surface area contributed by atoms with E-state index >= 15 is 0 Å². The van der Waals surface area contributed by atoms with Crippen molar-refractivity contribution in [3.05, 3.63) is 22.4 Å². The summed E-state index contributed by atoms with van der Waals surface area (Å²) in [6, 6.07) is 1.32. The number of rotatable bonds is 3. The Labute approximate surface area is 75.2 Å². The van der Waals surface area contributed by atoms with Crippen LogP contribution in [0.4, 0.5) is 0 Å². The molecule has 1 aromatic rings. The molecule has 1 atom stereocenters. The van der Waals surface area contributed by atoms with Gasteiger partial charge in [-0.3, -0.25) is 9.69 Å². The highest BCUT2D eigenvalue weighted by molar-refractivity contribution is 7.08. The van der Waals surface area contributed by atoms with E-state index in [1.165, 1.54) is 11.3 Å². The highest BCUT2D eigenvalue weighted by Gasteiger charge is 2.21. The van der Waals surface area contributed by atoms with E-state index in [-0.39, 0.29) is 0 Å². The summed E-state index contributed by atoms with van der Waals surface area (Å²) >= 11 is 1.51. The Morgan fingerprint density at radius 3 is 2.67 bits per heavy atom. The monoisotopic (exact) mass is 185 g/mol. The van der Waals surface area contributed by atoms with E-state index < -0.39 is 12.0 Å². The average molecular weight is 185 g/mol. The van der Waals surface area contributed by atoms with Crippen molar-refractivity contribution in [3.8, 4) is 0 Å². The molecule has 1 N–H and O–H groups in total. The van der Waals surface area contributed by atoms with Gasteiger partial charge in [0.15, 0.2) is 0 Å². The molecule has 0 aliphatic heterocycles. The first kappa shape index (κ1) is 9.22. The van der Waals surface area contributed by atoms with Gasteiger partial charge < -0.3 is 5.11 Å². The van der Waals surface area contributed by atoms with E-state index in [0.29, 0.717) is 0 Å². The molecule has 1 unspecified atom stereocenters. The van der Waals surface area contributed by atoms with Crippen molar-refractivity contribution in [1.29, 1.82) is 0 Å². The van der Waals surface area contributed by atoms with E-state index in [0.717, 1.165) is 5.56 Å². The Balaban J connectivity index is 2.88. The van der Waals surface area contributed by atoms with Crippen molar-refractivity contribution in [3.63, 3.8) is 0 Å². The number of hydrogen-bond donors (Lipinski definition) is 1. The summed E-state index contributed by atoms with van der Waals surface area (Å²) in [6.45, 7) is 0. The second kappa shape index (κ2) is 3.69. The van der Waals surface area contributed by atoms with E-state index in [1.54, 1.807) is 19.0 Å². The quantitative estimate of drug-likeness (QED) is 0.774. The smallest absolute Gasteiger partial charge is 0.325 e. The van der Waals surface area contributed by atoms with Gasteiger partial charge in [-0.25, -0.2) is 0 Å². The number of hydrogen-bond acceptors (Lipinski definition) is 3. The molecule has 66 valence electrons. The first-order valence-electron chi connectivity index (χ1n) is 3.54. The topological polar surface area (TPSA) is 40.5 Å². The minimum atomic E-state index is -0.807. The van der Waals surface area contributed by atoms with Crippen LogP contribution in [-0.4, -0.2) is 30.1 Å². The van der Waals surface area contributed by atoms with Gasteiger partial charge in [0.25, 0.3) is 0 Å². The van der Waals surface area contributed by atoms with Crippen molar-refractivity contribution in [2.45, 2.75) is 6.04 Å². The molecule has 1 rings (SSSR count). The average Bonchev–Trinajstić information content (AvgIpc) is 2.37. The van der Waals surface area contributed by atoms with Crippen LogP contribution in [0.5, 0.6) is 0 Å². The van der Waals surface area contributed by atoms with Crippen molar-refractivity contribution >= 4 is 17.3 Å². The molecule has 0 radical (unpaired) electrons. The first-order valence-corrected chi connectivity index (χ1v) is 4.48. The zero-order valence-electron chi connectivity index (χ0n) is 7.02. The molecule has 1 aromatic heterocycles. The predicted octanol–water partition coefficient (Wildman–Crippen LogP) is 1.44. The molecule has 0 aliphatic carbocycles. The maximum atomic E-state index is 10.8. The summed E-state index contributed by atoms with van der Waals surface area (Å²) in [5.74, 6) is -0.807. The van der Waals surface area contributed by atoms with Gasteiger partial charge in [0, 0.05) is 0 Å². The fourth-order valence-electron chi connectivity index (χ4n) is 1.09. The molecule has 0 bridgehead atoms. The fraction of sp³-hybridized carbons (Fsp3) is 0.375. The summed E-state index contributed by atoms with van der Waals surface area (Å²) in [4.78, 5) is 12.5. The Bertz CT molecular complexity index is 256. The predicted molar refractivity (Wildman–Crippen MR) is 48.4 cm³/mol. The lowest BCUT2D eigenvalue weighted by Crippen LogP contribution is -2.26. The summed E-state index contributed by atoms with van der Waals surface area (Å²) in [6.07, 6.45) is 0. The van der Waals surface area contributed by atoms with Crippen LogP contribution >= 0.6 is 11.3 Å². The van der Waals surface area contributed by atoms with E-state index in [9.17, 15) is 4.79 Å².